The van der Waals surface area contributed by atoms with E-state index in [2.05, 4.69) is 14.7 Å². The zero-order chi connectivity index (χ0) is 25.5. The first kappa shape index (κ1) is 24.9. The van der Waals surface area contributed by atoms with Crippen LogP contribution in [-0.4, -0.2) is 73.4 Å². The molecule has 0 radical (unpaired) electrons. The van der Waals surface area contributed by atoms with Gasteiger partial charge in [-0.25, -0.2) is 14.8 Å². The third kappa shape index (κ3) is 5.09. The lowest BCUT2D eigenvalue weighted by Gasteiger charge is -2.43. The molecule has 5 atom stereocenters. The number of aliphatic hydroxyl groups is 3. The van der Waals surface area contributed by atoms with E-state index in [1.54, 1.807) is 24.3 Å². The topological polar surface area (TPSA) is 145 Å². The van der Waals surface area contributed by atoms with Gasteiger partial charge >= 0.3 is 12.3 Å². The zero-order valence-corrected chi connectivity index (χ0v) is 18.1. The molecule has 3 heterocycles. The summed E-state index contributed by atoms with van der Waals surface area (Å²) in [5.74, 6) is -2.40. The molecule has 1 saturated heterocycles. The van der Waals surface area contributed by atoms with Gasteiger partial charge in [-0.2, -0.15) is 0 Å². The maximum atomic E-state index is 12.5. The molecule has 0 saturated carbocycles. The van der Waals surface area contributed by atoms with Gasteiger partial charge in [-0.05, 0) is 30.3 Å². The second-order valence-corrected chi connectivity index (χ2v) is 7.92. The highest BCUT2D eigenvalue weighted by atomic mass is 35.5. The summed E-state index contributed by atoms with van der Waals surface area (Å²) in [5, 5.41) is 41.3. The summed E-state index contributed by atoms with van der Waals surface area (Å²) in [5.41, 5.74) is 0.314. The summed E-state index contributed by atoms with van der Waals surface area (Å²) < 4.78 is 46.9. The molecule has 4 rings (SSSR count). The number of nitrogens with zero attached hydrogens (tertiary/aromatic N) is 3. The maximum Gasteiger partial charge on any atom is 0.573 e. The number of carboxylic acid groups (broad SMARTS) is 1. The number of fused-ring (bicyclic) bond motifs is 1. The van der Waals surface area contributed by atoms with Crippen LogP contribution in [0.5, 0.6) is 5.75 Å². The van der Waals surface area contributed by atoms with Crippen molar-refractivity contribution in [1.29, 1.82) is 0 Å². The van der Waals surface area contributed by atoms with Crippen LogP contribution in [0.25, 0.3) is 10.9 Å². The number of alkyl halides is 3. The van der Waals surface area contributed by atoms with Crippen LogP contribution in [-0.2, 0) is 9.53 Å². The molecule has 0 amide bonds. The van der Waals surface area contributed by atoms with Gasteiger partial charge in [0.1, 0.15) is 35.7 Å². The average molecular weight is 516 g/mol. The van der Waals surface area contributed by atoms with Crippen molar-refractivity contribution in [3.8, 4) is 5.75 Å². The zero-order valence-electron chi connectivity index (χ0n) is 17.4. The monoisotopic (exact) mass is 515 g/mol. The molecule has 1 aromatic carbocycles. The van der Waals surface area contributed by atoms with E-state index < -0.39 is 48.7 Å². The minimum atomic E-state index is -4.96. The molecule has 1 aliphatic heterocycles. The fourth-order valence-electron chi connectivity index (χ4n) is 3.60. The number of anilines is 2. The Kier molecular flexibility index (Phi) is 6.71. The lowest BCUT2D eigenvalue weighted by Crippen LogP contribution is -2.63. The molecule has 0 unspecified atom stereocenters. The van der Waals surface area contributed by atoms with Crippen molar-refractivity contribution in [3.05, 3.63) is 53.7 Å². The summed E-state index contributed by atoms with van der Waals surface area (Å²) in [6.07, 6.45) is -13.6. The highest BCUT2D eigenvalue weighted by molar-refractivity contribution is 6.35. The molecule has 4 N–H and O–H groups in total. The molecular weight excluding hydrogens is 499 g/mol. The van der Waals surface area contributed by atoms with Crippen molar-refractivity contribution in [2.75, 3.05) is 4.90 Å². The van der Waals surface area contributed by atoms with E-state index in [4.69, 9.17) is 16.3 Å². The van der Waals surface area contributed by atoms with Crippen molar-refractivity contribution >= 4 is 40.1 Å². The number of para-hydroxylation sites is 1. The number of ether oxygens (including phenoxy) is 2. The first-order valence-electron chi connectivity index (χ1n) is 9.95. The Labute approximate surface area is 199 Å². The number of halogens is 4. The van der Waals surface area contributed by atoms with Crippen molar-refractivity contribution < 1.29 is 47.9 Å². The Hall–Kier alpha value is -3.23. The molecule has 1 fully saturated rings. The third-order valence-corrected chi connectivity index (χ3v) is 5.50. The molecule has 0 spiro atoms. The van der Waals surface area contributed by atoms with Gasteiger partial charge in [0.15, 0.2) is 12.3 Å². The minimum absolute atomic E-state index is 0.000585. The SMILES string of the molecule is O=C(O)[C@H]1O[C@@H](N(c2ccc(OC(F)(F)F)cn2)c2ccc3cccc(Cl)c3n2)[C@H](O)[C@@H](O)[C@@H]1O. The van der Waals surface area contributed by atoms with Crippen molar-refractivity contribution in [1.82, 2.24) is 9.97 Å². The molecule has 0 bridgehead atoms. The molecular formula is C21H17ClF3N3O7. The lowest BCUT2D eigenvalue weighted by molar-refractivity contribution is -0.274. The summed E-state index contributed by atoms with van der Waals surface area (Å²) in [6, 6.07) is 10.1. The van der Waals surface area contributed by atoms with Crippen LogP contribution in [0.4, 0.5) is 24.8 Å². The van der Waals surface area contributed by atoms with Crippen LogP contribution >= 0.6 is 11.6 Å². The summed E-state index contributed by atoms with van der Waals surface area (Å²) in [7, 11) is 0. The van der Waals surface area contributed by atoms with Crippen LogP contribution < -0.4 is 9.64 Å². The number of aliphatic carboxylic acids is 1. The highest BCUT2D eigenvalue weighted by Crippen LogP contribution is 2.35. The van der Waals surface area contributed by atoms with E-state index in [1.807, 2.05) is 0 Å². The average Bonchev–Trinajstić information content (AvgIpc) is 2.79. The normalized spacial score (nSPS) is 24.8. The van der Waals surface area contributed by atoms with Gasteiger partial charge in [0.2, 0.25) is 0 Å². The predicted octanol–water partition coefficient (Wildman–Crippen LogP) is 2.21. The molecule has 1 aliphatic rings. The van der Waals surface area contributed by atoms with E-state index in [9.17, 15) is 38.4 Å². The van der Waals surface area contributed by atoms with E-state index in [1.165, 1.54) is 6.07 Å². The van der Waals surface area contributed by atoms with Gasteiger partial charge in [0, 0.05) is 5.39 Å². The number of aliphatic hydroxyl groups excluding tert-OH is 3. The quantitative estimate of drug-likeness (QED) is 0.399. The summed E-state index contributed by atoms with van der Waals surface area (Å²) in [4.78, 5) is 21.0. The molecule has 10 nitrogen and oxygen atoms in total. The Balaban J connectivity index is 1.82. The number of benzene rings is 1. The molecule has 35 heavy (non-hydrogen) atoms. The Morgan fingerprint density at radius 3 is 2.37 bits per heavy atom. The first-order chi connectivity index (χ1) is 16.5. The smallest absolute Gasteiger partial charge is 0.479 e. The first-order valence-corrected chi connectivity index (χ1v) is 10.3. The van der Waals surface area contributed by atoms with Crippen LogP contribution in [0.15, 0.2) is 48.7 Å². The number of hydrogen-bond donors (Lipinski definition) is 4. The number of aromatic nitrogens is 2. The molecule has 14 heteroatoms. The minimum Gasteiger partial charge on any atom is -0.479 e. The number of carbonyl (C=O) groups is 1. The van der Waals surface area contributed by atoms with Crippen molar-refractivity contribution in [2.24, 2.45) is 0 Å². The Morgan fingerprint density at radius 2 is 1.74 bits per heavy atom. The Morgan fingerprint density at radius 1 is 1.03 bits per heavy atom. The van der Waals surface area contributed by atoms with E-state index in [0.717, 1.165) is 23.2 Å². The maximum absolute atomic E-state index is 12.5. The van der Waals surface area contributed by atoms with Crippen molar-refractivity contribution in [3.63, 3.8) is 0 Å². The summed E-state index contributed by atoms with van der Waals surface area (Å²) >= 11 is 6.23. The van der Waals surface area contributed by atoms with Crippen LogP contribution in [0.3, 0.4) is 0 Å². The molecule has 3 aromatic rings. The fraction of sp³-hybridized carbons (Fsp3) is 0.286. The fourth-order valence-corrected chi connectivity index (χ4v) is 3.82. The Bertz CT molecular complexity index is 1230. The molecule has 0 aliphatic carbocycles. The van der Waals surface area contributed by atoms with Gasteiger partial charge < -0.3 is 29.9 Å². The predicted molar refractivity (Wildman–Crippen MR) is 114 cm³/mol. The molecule has 186 valence electrons. The van der Waals surface area contributed by atoms with Gasteiger partial charge in [0.05, 0.1) is 16.7 Å². The number of rotatable bonds is 5. The standard InChI is InChI=1S/C21H17ClF3N3O7/c22-11-3-1-2-9-4-6-13(27-14(9)11)28(12-7-5-10(8-26-12)35-21(23,24)25)19-17(31)15(29)16(30)18(34-19)20(32)33/h1-8,15-19,29-31H,(H,32,33)/t15-,16-,17+,18-,19+/m0/s1. The van der Waals surface area contributed by atoms with Crippen LogP contribution in [0.1, 0.15) is 0 Å². The van der Waals surface area contributed by atoms with Gasteiger partial charge in [0.25, 0.3) is 0 Å². The van der Waals surface area contributed by atoms with E-state index in [-0.39, 0.29) is 16.7 Å². The van der Waals surface area contributed by atoms with Crippen molar-refractivity contribution in [2.45, 2.75) is 37.0 Å². The number of hydrogen-bond acceptors (Lipinski definition) is 9. The van der Waals surface area contributed by atoms with E-state index >= 15 is 0 Å². The lowest BCUT2D eigenvalue weighted by atomic mass is 9.97. The van der Waals surface area contributed by atoms with Crippen LogP contribution in [0.2, 0.25) is 5.02 Å². The third-order valence-electron chi connectivity index (χ3n) is 5.19. The molecule has 2 aromatic heterocycles. The second-order valence-electron chi connectivity index (χ2n) is 7.51. The van der Waals surface area contributed by atoms with Crippen LogP contribution in [0, 0.1) is 0 Å². The van der Waals surface area contributed by atoms with Gasteiger partial charge in [-0.3, -0.25) is 4.90 Å². The largest absolute Gasteiger partial charge is 0.573 e. The number of pyridine rings is 2. The number of carboxylic acids is 1. The van der Waals surface area contributed by atoms with Gasteiger partial charge in [-0.1, -0.05) is 23.7 Å². The van der Waals surface area contributed by atoms with Gasteiger partial charge in [-0.15, -0.1) is 13.2 Å². The van der Waals surface area contributed by atoms with E-state index in [0.29, 0.717) is 10.9 Å². The summed E-state index contributed by atoms with van der Waals surface area (Å²) in [6.45, 7) is 0. The second kappa shape index (κ2) is 9.43. The highest BCUT2D eigenvalue weighted by Gasteiger charge is 2.49.